The van der Waals surface area contributed by atoms with Crippen molar-refractivity contribution in [3.8, 4) is 50.7 Å². The van der Waals surface area contributed by atoms with Crippen LogP contribution in [0.1, 0.15) is 0 Å². The Morgan fingerprint density at radius 1 is 0.270 bits per heavy atom. The molecule has 0 N–H and O–H groups in total. The Morgan fingerprint density at radius 2 is 0.698 bits per heavy atom. The summed E-state index contributed by atoms with van der Waals surface area (Å²) < 4.78 is 7.31. The van der Waals surface area contributed by atoms with Crippen molar-refractivity contribution >= 4 is 65.4 Å². The molecule has 0 bridgehead atoms. The molecule has 4 heterocycles. The van der Waals surface area contributed by atoms with E-state index in [-0.39, 0.29) is 0 Å². The number of rotatable bonds is 6. The number of benzene rings is 9. The molecule has 63 heavy (non-hydrogen) atoms. The third-order valence-electron chi connectivity index (χ3n) is 12.8. The fraction of sp³-hybridized carbons (Fsp3) is 0. The van der Waals surface area contributed by atoms with E-state index in [0.717, 1.165) is 55.9 Å². The zero-order valence-corrected chi connectivity index (χ0v) is 34.1. The van der Waals surface area contributed by atoms with Gasteiger partial charge in [-0.1, -0.05) is 133 Å². The lowest BCUT2D eigenvalue weighted by molar-refractivity contribution is 1.16. The predicted octanol–water partition coefficient (Wildman–Crippen LogP) is 14.8. The monoisotopic (exact) mass is 803 g/mol. The van der Waals surface area contributed by atoms with Gasteiger partial charge in [0.25, 0.3) is 0 Å². The van der Waals surface area contributed by atoms with E-state index in [0.29, 0.717) is 5.82 Å². The summed E-state index contributed by atoms with van der Waals surface area (Å²) >= 11 is 0. The first-order valence-corrected chi connectivity index (χ1v) is 21.4. The van der Waals surface area contributed by atoms with Crippen LogP contribution in [0.25, 0.3) is 116 Å². The topological polar surface area (TPSA) is 40.6 Å². The zero-order valence-electron chi connectivity index (χ0n) is 34.1. The minimum absolute atomic E-state index is 0.711. The molecular formula is C58H37N5. The van der Waals surface area contributed by atoms with Gasteiger partial charge in [0.15, 0.2) is 5.82 Å². The Bertz CT molecular complexity index is 3650. The van der Waals surface area contributed by atoms with Gasteiger partial charge >= 0.3 is 0 Å². The molecule has 0 fully saturated rings. The van der Waals surface area contributed by atoms with Crippen LogP contribution < -0.4 is 0 Å². The van der Waals surface area contributed by atoms with Crippen molar-refractivity contribution < 1.29 is 0 Å². The molecule has 0 radical (unpaired) electrons. The van der Waals surface area contributed by atoms with Crippen molar-refractivity contribution in [2.75, 3.05) is 0 Å². The normalized spacial score (nSPS) is 11.8. The van der Waals surface area contributed by atoms with Crippen LogP contribution in [0.15, 0.2) is 225 Å². The number of para-hydroxylation sites is 5. The Hall–Kier alpha value is -8.54. The Kier molecular flexibility index (Phi) is 7.84. The van der Waals surface area contributed by atoms with Crippen LogP contribution in [-0.4, -0.2) is 23.7 Å². The molecule has 294 valence electrons. The molecule has 0 aliphatic heterocycles. The average molecular weight is 804 g/mol. The van der Waals surface area contributed by atoms with Crippen LogP contribution in [0.5, 0.6) is 0 Å². The Balaban J connectivity index is 1.08. The second-order valence-corrected chi connectivity index (χ2v) is 16.2. The lowest BCUT2D eigenvalue weighted by Gasteiger charge is -2.17. The molecule has 4 aromatic heterocycles. The highest BCUT2D eigenvalue weighted by molar-refractivity contribution is 6.14. The molecule has 13 aromatic rings. The summed E-state index contributed by atoms with van der Waals surface area (Å²) in [6.07, 6.45) is 3.59. The minimum atomic E-state index is 0.711. The van der Waals surface area contributed by atoms with E-state index < -0.39 is 0 Å². The second-order valence-electron chi connectivity index (χ2n) is 16.2. The largest absolute Gasteiger partial charge is 0.309 e. The van der Waals surface area contributed by atoms with Crippen LogP contribution in [0.3, 0.4) is 0 Å². The standard InChI is InChI=1S/C58H37N5/c1-2-18-43(42(17-1)38-15-13-16-39(35-38)58-59-33-14-34-60-58)44-19-3-12-28-55(44)63-56-31-29-40(61-51-24-8-4-20-45(51)46-21-5-9-25-52(46)61)36-49(56)50-37-41(30-32-57(50)63)62-53-26-10-6-22-47(53)48-23-7-11-27-54(48)62/h1-37H. The highest BCUT2D eigenvalue weighted by Crippen LogP contribution is 2.43. The molecule has 5 nitrogen and oxygen atoms in total. The lowest BCUT2D eigenvalue weighted by atomic mass is 9.92. The van der Waals surface area contributed by atoms with Gasteiger partial charge in [-0.15, -0.1) is 0 Å². The Morgan fingerprint density at radius 3 is 1.24 bits per heavy atom. The van der Waals surface area contributed by atoms with E-state index in [1.54, 1.807) is 12.4 Å². The van der Waals surface area contributed by atoms with Crippen molar-refractivity contribution in [1.82, 2.24) is 23.7 Å². The molecule has 0 saturated heterocycles. The number of aromatic nitrogens is 5. The van der Waals surface area contributed by atoms with Crippen LogP contribution in [0.4, 0.5) is 0 Å². The lowest BCUT2D eigenvalue weighted by Crippen LogP contribution is -1.99. The molecule has 0 saturated carbocycles. The van der Waals surface area contributed by atoms with Crippen LogP contribution >= 0.6 is 0 Å². The minimum Gasteiger partial charge on any atom is -0.309 e. The van der Waals surface area contributed by atoms with E-state index in [4.69, 9.17) is 0 Å². The number of hydrogen-bond donors (Lipinski definition) is 0. The molecule has 13 rings (SSSR count). The molecular weight excluding hydrogens is 767 g/mol. The smallest absolute Gasteiger partial charge is 0.159 e. The van der Waals surface area contributed by atoms with E-state index >= 15 is 0 Å². The summed E-state index contributed by atoms with van der Waals surface area (Å²) in [5.41, 5.74) is 16.0. The van der Waals surface area contributed by atoms with Crippen molar-refractivity contribution in [3.05, 3.63) is 225 Å². The molecule has 0 atom stereocenters. The van der Waals surface area contributed by atoms with Gasteiger partial charge in [0, 0.05) is 67.2 Å². The maximum atomic E-state index is 4.56. The van der Waals surface area contributed by atoms with Gasteiger partial charge < -0.3 is 13.7 Å². The number of nitrogens with zero attached hydrogens (tertiary/aromatic N) is 5. The highest BCUT2D eigenvalue weighted by Gasteiger charge is 2.21. The van der Waals surface area contributed by atoms with Crippen molar-refractivity contribution in [2.24, 2.45) is 0 Å². The summed E-state index contributed by atoms with van der Waals surface area (Å²) in [6.45, 7) is 0. The number of fused-ring (bicyclic) bond motifs is 9. The summed E-state index contributed by atoms with van der Waals surface area (Å²) in [7, 11) is 0. The molecule has 0 aliphatic rings. The van der Waals surface area contributed by atoms with E-state index in [1.807, 2.05) is 6.07 Å². The predicted molar refractivity (Wildman–Crippen MR) is 261 cm³/mol. The van der Waals surface area contributed by atoms with Gasteiger partial charge in [0.1, 0.15) is 0 Å². The zero-order chi connectivity index (χ0) is 41.4. The molecule has 0 amide bonds. The highest BCUT2D eigenvalue weighted by atomic mass is 15.0. The van der Waals surface area contributed by atoms with Gasteiger partial charge in [-0.25, -0.2) is 9.97 Å². The van der Waals surface area contributed by atoms with E-state index in [2.05, 4.69) is 230 Å². The van der Waals surface area contributed by atoms with Gasteiger partial charge in [-0.3, -0.25) is 0 Å². The first-order chi connectivity index (χ1) is 31.3. The first kappa shape index (κ1) is 35.2. The summed E-state index contributed by atoms with van der Waals surface area (Å²) in [5.74, 6) is 0.711. The SMILES string of the molecule is c1cnc(-c2cccc(-c3ccccc3-c3ccccc3-n3c4ccc(-n5c6ccccc6c6ccccc65)cc4c4cc(-n5c6ccccc6c6ccccc65)ccc43)c2)nc1. The van der Waals surface area contributed by atoms with Crippen LogP contribution in [0.2, 0.25) is 0 Å². The summed E-state index contributed by atoms with van der Waals surface area (Å²) in [4.78, 5) is 9.11. The van der Waals surface area contributed by atoms with E-state index in [1.165, 1.54) is 54.4 Å². The fourth-order valence-electron chi connectivity index (χ4n) is 10.1. The van der Waals surface area contributed by atoms with Gasteiger partial charge in [0.2, 0.25) is 0 Å². The quantitative estimate of drug-likeness (QED) is 0.168. The molecule has 0 aliphatic carbocycles. The number of hydrogen-bond acceptors (Lipinski definition) is 2. The van der Waals surface area contributed by atoms with Crippen molar-refractivity contribution in [3.63, 3.8) is 0 Å². The summed E-state index contributed by atoms with van der Waals surface area (Å²) in [5, 5.41) is 7.37. The van der Waals surface area contributed by atoms with Crippen molar-refractivity contribution in [2.45, 2.75) is 0 Å². The van der Waals surface area contributed by atoms with Crippen molar-refractivity contribution in [1.29, 1.82) is 0 Å². The maximum Gasteiger partial charge on any atom is 0.159 e. The van der Waals surface area contributed by atoms with Gasteiger partial charge in [0.05, 0.1) is 38.8 Å². The third-order valence-corrected chi connectivity index (χ3v) is 12.8. The van der Waals surface area contributed by atoms with Gasteiger partial charge in [-0.05, 0) is 95.6 Å². The van der Waals surface area contributed by atoms with Gasteiger partial charge in [-0.2, -0.15) is 0 Å². The van der Waals surface area contributed by atoms with E-state index in [9.17, 15) is 0 Å². The summed E-state index contributed by atoms with van der Waals surface area (Å²) in [6, 6.07) is 77.0. The van der Waals surface area contributed by atoms with Crippen LogP contribution in [0, 0.1) is 0 Å². The molecule has 9 aromatic carbocycles. The average Bonchev–Trinajstić information content (AvgIpc) is 3.99. The third kappa shape index (κ3) is 5.43. The molecule has 0 unspecified atom stereocenters. The fourth-order valence-corrected chi connectivity index (χ4v) is 10.1. The second kappa shape index (κ2) is 14.0. The Labute approximate surface area is 363 Å². The molecule has 0 spiro atoms. The van der Waals surface area contributed by atoms with Crippen LogP contribution in [-0.2, 0) is 0 Å². The maximum absolute atomic E-state index is 4.56. The first-order valence-electron chi connectivity index (χ1n) is 21.4. The molecule has 5 heteroatoms.